The fraction of sp³-hybridized carbons (Fsp3) is 0. The predicted molar refractivity (Wildman–Crippen MR) is 79.0 cm³/mol. The molecule has 0 saturated heterocycles. The summed E-state index contributed by atoms with van der Waals surface area (Å²) in [5.41, 5.74) is 0.559. The Hall–Kier alpha value is -3.14. The molecular weight excluding hydrogens is 306 g/mol. The number of benzene rings is 1. The summed E-state index contributed by atoms with van der Waals surface area (Å²) in [6, 6.07) is 7.39. The smallest absolute Gasteiger partial charge is 0.288 e. The van der Waals surface area contributed by atoms with Gasteiger partial charge in [-0.1, -0.05) is 17.2 Å². The van der Waals surface area contributed by atoms with E-state index in [4.69, 9.17) is 0 Å². The maximum Gasteiger partial charge on any atom is 0.353 e. The summed E-state index contributed by atoms with van der Waals surface area (Å²) in [5.74, 6) is -0.409. The summed E-state index contributed by atoms with van der Waals surface area (Å²) in [4.78, 5) is 28.7. The summed E-state index contributed by atoms with van der Waals surface area (Å²) < 4.78 is 2.31. The average Bonchev–Trinajstić information content (AvgIpc) is 3.14. The van der Waals surface area contributed by atoms with Crippen LogP contribution >= 0.6 is 11.3 Å². The lowest BCUT2D eigenvalue weighted by atomic mass is 10.3. The molecule has 22 heavy (non-hydrogen) atoms. The van der Waals surface area contributed by atoms with E-state index in [2.05, 4.69) is 30.9 Å². The molecule has 108 valence electrons. The number of hydrogen-bond acceptors (Lipinski definition) is 7. The van der Waals surface area contributed by atoms with E-state index >= 15 is 0 Å². The van der Waals surface area contributed by atoms with Crippen molar-refractivity contribution in [1.29, 1.82) is 0 Å². The van der Waals surface area contributed by atoms with Crippen molar-refractivity contribution in [2.45, 2.75) is 0 Å². The standard InChI is InChI=1S/C12H7N7O2S/c20-9(14-11-15-17-18-16-11)6-5-13-12(21)19-7-3-1-2-4-8(7)22-10(6)19/h1-5H,(H2,14,15,16,17,18,20). The van der Waals surface area contributed by atoms with E-state index in [0.717, 1.165) is 4.70 Å². The molecule has 0 saturated carbocycles. The number of para-hydroxylation sites is 1. The van der Waals surface area contributed by atoms with Gasteiger partial charge >= 0.3 is 5.69 Å². The van der Waals surface area contributed by atoms with Gasteiger partial charge in [0.15, 0.2) is 0 Å². The number of H-pyrrole nitrogens is 1. The van der Waals surface area contributed by atoms with Gasteiger partial charge < -0.3 is 0 Å². The van der Waals surface area contributed by atoms with Crippen molar-refractivity contribution in [3.63, 3.8) is 0 Å². The SMILES string of the molecule is O=C(Nc1nn[nH]n1)c1cnc(=O)n2c1sc1ccccc12. The quantitative estimate of drug-likeness (QED) is 0.561. The normalized spacial score (nSPS) is 11.1. The van der Waals surface area contributed by atoms with Crippen LogP contribution in [0.1, 0.15) is 10.4 Å². The fourth-order valence-corrected chi connectivity index (χ4v) is 3.27. The molecule has 4 aromatic rings. The van der Waals surface area contributed by atoms with E-state index in [9.17, 15) is 9.59 Å². The summed E-state index contributed by atoms with van der Waals surface area (Å²) in [7, 11) is 0. The van der Waals surface area contributed by atoms with Crippen LogP contribution in [0.25, 0.3) is 15.0 Å². The van der Waals surface area contributed by atoms with Crippen LogP contribution in [-0.4, -0.2) is 35.9 Å². The number of rotatable bonds is 2. The first kappa shape index (κ1) is 12.6. The molecule has 1 aromatic carbocycles. The zero-order valence-electron chi connectivity index (χ0n) is 10.8. The second-order valence-corrected chi connectivity index (χ2v) is 5.38. The van der Waals surface area contributed by atoms with Gasteiger partial charge in [-0.05, 0) is 17.3 Å². The molecule has 4 rings (SSSR count). The Morgan fingerprint density at radius 2 is 2.18 bits per heavy atom. The molecule has 3 aromatic heterocycles. The van der Waals surface area contributed by atoms with Gasteiger partial charge in [-0.2, -0.15) is 5.21 Å². The van der Waals surface area contributed by atoms with Crippen molar-refractivity contribution < 1.29 is 4.79 Å². The third-order valence-corrected chi connectivity index (χ3v) is 4.22. The van der Waals surface area contributed by atoms with Crippen molar-refractivity contribution in [3.05, 3.63) is 46.5 Å². The largest absolute Gasteiger partial charge is 0.353 e. The molecule has 0 fully saturated rings. The second kappa shape index (κ2) is 4.70. The van der Waals surface area contributed by atoms with Gasteiger partial charge in [-0.3, -0.25) is 10.1 Å². The molecule has 0 atom stereocenters. The molecule has 0 aliphatic rings. The number of fused-ring (bicyclic) bond motifs is 3. The Kier molecular flexibility index (Phi) is 2.69. The Morgan fingerprint density at radius 3 is 3.00 bits per heavy atom. The van der Waals surface area contributed by atoms with Crippen LogP contribution in [0.15, 0.2) is 35.3 Å². The number of tetrazole rings is 1. The molecule has 2 N–H and O–H groups in total. The number of anilines is 1. The van der Waals surface area contributed by atoms with Crippen molar-refractivity contribution in [2.75, 3.05) is 5.32 Å². The van der Waals surface area contributed by atoms with E-state index in [1.807, 2.05) is 24.3 Å². The number of carbonyl (C=O) groups is 1. The first-order valence-corrected chi connectivity index (χ1v) is 7.00. The third-order valence-electron chi connectivity index (χ3n) is 3.06. The van der Waals surface area contributed by atoms with E-state index in [-0.39, 0.29) is 11.5 Å². The average molecular weight is 313 g/mol. The molecule has 10 heteroatoms. The van der Waals surface area contributed by atoms with Crippen LogP contribution in [0.3, 0.4) is 0 Å². The summed E-state index contributed by atoms with van der Waals surface area (Å²) in [6.07, 6.45) is 1.25. The molecule has 3 heterocycles. The Morgan fingerprint density at radius 1 is 1.32 bits per heavy atom. The highest BCUT2D eigenvalue weighted by atomic mass is 32.1. The summed E-state index contributed by atoms with van der Waals surface area (Å²) in [5, 5.41) is 15.4. The molecule has 0 aliphatic heterocycles. The molecule has 0 aliphatic carbocycles. The van der Waals surface area contributed by atoms with Crippen LogP contribution in [0.4, 0.5) is 5.95 Å². The molecule has 1 amide bonds. The van der Waals surface area contributed by atoms with E-state index in [1.54, 1.807) is 0 Å². The van der Waals surface area contributed by atoms with Gasteiger partial charge in [0.1, 0.15) is 4.83 Å². The highest BCUT2D eigenvalue weighted by Crippen LogP contribution is 2.26. The Labute approximate surface area is 125 Å². The lowest BCUT2D eigenvalue weighted by Crippen LogP contribution is -2.21. The molecule has 0 radical (unpaired) electrons. The third kappa shape index (κ3) is 1.85. The predicted octanol–water partition coefficient (Wildman–Crippen LogP) is 0.675. The van der Waals surface area contributed by atoms with Gasteiger partial charge in [0.05, 0.1) is 15.8 Å². The molecule has 0 spiro atoms. The monoisotopic (exact) mass is 313 g/mol. The van der Waals surface area contributed by atoms with Crippen LogP contribution in [0.2, 0.25) is 0 Å². The highest BCUT2D eigenvalue weighted by Gasteiger charge is 2.17. The Balaban J connectivity index is 1.93. The van der Waals surface area contributed by atoms with Crippen LogP contribution in [-0.2, 0) is 0 Å². The van der Waals surface area contributed by atoms with Crippen molar-refractivity contribution in [1.82, 2.24) is 30.0 Å². The van der Waals surface area contributed by atoms with Crippen molar-refractivity contribution in [2.24, 2.45) is 0 Å². The van der Waals surface area contributed by atoms with E-state index < -0.39 is 11.6 Å². The lowest BCUT2D eigenvalue weighted by molar-refractivity contribution is 0.102. The van der Waals surface area contributed by atoms with Gasteiger partial charge in [0.2, 0.25) is 0 Å². The van der Waals surface area contributed by atoms with E-state index in [1.165, 1.54) is 21.9 Å². The van der Waals surface area contributed by atoms with Gasteiger partial charge in [-0.15, -0.1) is 16.4 Å². The fourth-order valence-electron chi connectivity index (χ4n) is 2.12. The minimum absolute atomic E-state index is 0.0514. The summed E-state index contributed by atoms with van der Waals surface area (Å²) in [6.45, 7) is 0. The maximum atomic E-state index is 12.3. The Bertz CT molecular complexity index is 1050. The van der Waals surface area contributed by atoms with Crippen molar-refractivity contribution in [3.8, 4) is 0 Å². The molecule has 0 unspecified atom stereocenters. The van der Waals surface area contributed by atoms with Crippen LogP contribution in [0.5, 0.6) is 0 Å². The van der Waals surface area contributed by atoms with Gasteiger partial charge in [0.25, 0.3) is 11.9 Å². The van der Waals surface area contributed by atoms with Crippen LogP contribution in [0, 0.1) is 0 Å². The van der Waals surface area contributed by atoms with Crippen LogP contribution < -0.4 is 11.0 Å². The number of nitrogens with zero attached hydrogens (tertiary/aromatic N) is 5. The second-order valence-electron chi connectivity index (χ2n) is 4.35. The van der Waals surface area contributed by atoms with Gasteiger partial charge in [0, 0.05) is 6.20 Å². The zero-order chi connectivity index (χ0) is 15.1. The zero-order valence-corrected chi connectivity index (χ0v) is 11.7. The first-order chi connectivity index (χ1) is 10.7. The number of hydrogen-bond donors (Lipinski definition) is 2. The molecule has 0 bridgehead atoms. The maximum absolute atomic E-state index is 12.3. The highest BCUT2D eigenvalue weighted by molar-refractivity contribution is 7.24. The minimum atomic E-state index is -0.460. The topological polar surface area (TPSA) is 118 Å². The first-order valence-electron chi connectivity index (χ1n) is 6.18. The number of amides is 1. The molecule has 9 nitrogen and oxygen atoms in total. The number of thiazole rings is 1. The van der Waals surface area contributed by atoms with Crippen molar-refractivity contribution >= 4 is 38.2 Å². The van der Waals surface area contributed by atoms with Gasteiger partial charge in [-0.25, -0.2) is 14.2 Å². The number of nitrogens with one attached hydrogen (secondary N) is 2. The minimum Gasteiger partial charge on any atom is -0.288 e. The summed E-state index contributed by atoms with van der Waals surface area (Å²) >= 11 is 1.34. The number of aromatic amines is 1. The van der Waals surface area contributed by atoms with E-state index in [0.29, 0.717) is 10.3 Å². The molecular formula is C12H7N7O2S. The number of carbonyl (C=O) groups excluding carboxylic acids is 1. The number of aromatic nitrogens is 6. The lowest BCUT2D eigenvalue weighted by Gasteiger charge is -2.02.